The average molecular weight is 226 g/mol. The molecule has 0 heterocycles. The zero-order valence-electron chi connectivity index (χ0n) is 11.2. The van der Waals surface area contributed by atoms with Crippen LogP contribution in [0.15, 0.2) is 59.8 Å². The molecule has 0 aromatic rings. The Morgan fingerprint density at radius 2 is 1.71 bits per heavy atom. The van der Waals surface area contributed by atoms with Gasteiger partial charge in [-0.1, -0.05) is 27.0 Å². The largest absolute Gasteiger partial charge is 0.235 e. The molecule has 0 fully saturated rings. The second-order valence-electron chi connectivity index (χ2n) is 5.44. The van der Waals surface area contributed by atoms with Gasteiger partial charge in [0.2, 0.25) is 0 Å². The van der Waals surface area contributed by atoms with E-state index in [0.29, 0.717) is 0 Å². The number of hydrogen-bond acceptors (Lipinski definition) is 0. The maximum Gasteiger partial charge on any atom is 0.199 e. The summed E-state index contributed by atoms with van der Waals surface area (Å²) in [7, 11) is 4.13. The molecule has 2 aliphatic rings. The highest BCUT2D eigenvalue weighted by atomic mass is 14.9. The van der Waals surface area contributed by atoms with Gasteiger partial charge in [0.25, 0.3) is 0 Å². The first kappa shape index (κ1) is 11.8. The van der Waals surface area contributed by atoms with Gasteiger partial charge in [0.05, 0.1) is 0 Å². The van der Waals surface area contributed by atoms with Crippen molar-refractivity contribution in [1.82, 2.24) is 0 Å². The molecule has 0 radical (unpaired) electrons. The average Bonchev–Trinajstić information content (AvgIpc) is 2.26. The highest BCUT2D eigenvalue weighted by Gasteiger charge is 2.34. The van der Waals surface area contributed by atoms with Crippen LogP contribution in [0.3, 0.4) is 0 Å². The monoisotopic (exact) mass is 226 g/mol. The zero-order chi connectivity index (χ0) is 12.8. The summed E-state index contributed by atoms with van der Waals surface area (Å²) in [5.74, 6) is 0. The third-order valence-electron chi connectivity index (χ3n) is 3.70. The van der Waals surface area contributed by atoms with Crippen LogP contribution in [-0.2, 0) is 0 Å². The minimum absolute atomic E-state index is 0.0345. The molecule has 0 aromatic carbocycles. The fourth-order valence-electron chi connectivity index (χ4n) is 2.33. The van der Waals surface area contributed by atoms with E-state index in [9.17, 15) is 0 Å². The van der Waals surface area contributed by atoms with Crippen LogP contribution < -0.4 is 0 Å². The first-order chi connectivity index (χ1) is 7.84. The van der Waals surface area contributed by atoms with Gasteiger partial charge >= 0.3 is 0 Å². The van der Waals surface area contributed by atoms with E-state index in [1.807, 2.05) is 0 Å². The molecule has 0 spiro atoms. The quantitative estimate of drug-likeness (QED) is 0.558. The number of rotatable bonds is 0. The molecular weight excluding hydrogens is 206 g/mol. The molecule has 1 nitrogen and oxygen atoms in total. The molecule has 1 heteroatoms. The maximum absolute atomic E-state index is 4.18. The van der Waals surface area contributed by atoms with Crippen molar-refractivity contribution in [2.45, 2.75) is 13.8 Å². The maximum atomic E-state index is 4.18. The predicted molar refractivity (Wildman–Crippen MR) is 74.5 cm³/mol. The van der Waals surface area contributed by atoms with E-state index in [0.717, 1.165) is 11.1 Å². The molecule has 0 aromatic heterocycles. The lowest BCUT2D eigenvalue weighted by molar-refractivity contribution is -0.462. The Morgan fingerprint density at radius 3 is 2.29 bits per heavy atom. The van der Waals surface area contributed by atoms with Crippen molar-refractivity contribution in [1.29, 1.82) is 0 Å². The van der Waals surface area contributed by atoms with Crippen molar-refractivity contribution in [2.24, 2.45) is 5.41 Å². The number of hydrogen-bond donors (Lipinski definition) is 0. The van der Waals surface area contributed by atoms with Gasteiger partial charge in [0.15, 0.2) is 5.71 Å². The van der Waals surface area contributed by atoms with Gasteiger partial charge in [-0.15, -0.1) is 0 Å². The third kappa shape index (κ3) is 1.76. The van der Waals surface area contributed by atoms with Crippen LogP contribution in [0, 0.1) is 5.41 Å². The van der Waals surface area contributed by atoms with Gasteiger partial charge in [-0.2, -0.15) is 0 Å². The van der Waals surface area contributed by atoms with E-state index >= 15 is 0 Å². The zero-order valence-corrected chi connectivity index (χ0v) is 11.2. The van der Waals surface area contributed by atoms with E-state index in [1.54, 1.807) is 0 Å². The highest BCUT2D eigenvalue weighted by molar-refractivity contribution is 6.04. The van der Waals surface area contributed by atoms with Crippen molar-refractivity contribution in [2.75, 3.05) is 14.1 Å². The van der Waals surface area contributed by atoms with Gasteiger partial charge in [-0.05, 0) is 34.4 Å². The first-order valence-electron chi connectivity index (χ1n) is 5.89. The molecule has 88 valence electrons. The van der Waals surface area contributed by atoms with Crippen molar-refractivity contribution in [3.63, 3.8) is 0 Å². The molecule has 0 aliphatic heterocycles. The summed E-state index contributed by atoms with van der Waals surface area (Å²) >= 11 is 0. The van der Waals surface area contributed by atoms with Gasteiger partial charge in [-0.3, -0.25) is 0 Å². The standard InChI is InChI=1S/C16H20N/c1-11-9-13-7-8-14(17(5)6)10-15(13)16(3,4)12(11)2/h7-10H,1-2H2,3-6H3/q+1. The number of nitrogens with zero attached hydrogens (tertiary/aromatic N) is 1. The van der Waals surface area contributed by atoms with Crippen LogP contribution in [-0.4, -0.2) is 24.4 Å². The molecule has 0 bridgehead atoms. The van der Waals surface area contributed by atoms with E-state index in [-0.39, 0.29) is 5.41 Å². The van der Waals surface area contributed by atoms with Crippen LogP contribution in [0.5, 0.6) is 0 Å². The topological polar surface area (TPSA) is 3.01 Å². The fourth-order valence-corrected chi connectivity index (χ4v) is 2.33. The smallest absolute Gasteiger partial charge is 0.199 e. The molecule has 2 aliphatic carbocycles. The first-order valence-corrected chi connectivity index (χ1v) is 5.89. The summed E-state index contributed by atoms with van der Waals surface area (Å²) in [6.07, 6.45) is 8.70. The van der Waals surface area contributed by atoms with Gasteiger partial charge < -0.3 is 0 Å². The molecule has 0 unspecified atom stereocenters. The summed E-state index contributed by atoms with van der Waals surface area (Å²) in [6.45, 7) is 12.7. The Balaban J connectivity index is 2.65. The predicted octanol–water partition coefficient (Wildman–Crippen LogP) is 3.27. The minimum atomic E-state index is -0.0345. The molecule has 0 atom stereocenters. The highest BCUT2D eigenvalue weighted by Crippen LogP contribution is 2.46. The molecule has 0 amide bonds. The van der Waals surface area contributed by atoms with Gasteiger partial charge in [0.1, 0.15) is 14.1 Å². The van der Waals surface area contributed by atoms with Crippen LogP contribution in [0.25, 0.3) is 0 Å². The molecule has 2 rings (SSSR count). The minimum Gasteiger partial charge on any atom is -0.235 e. The Labute approximate surface area is 104 Å². The third-order valence-corrected chi connectivity index (χ3v) is 3.70. The van der Waals surface area contributed by atoms with Crippen molar-refractivity contribution in [3.8, 4) is 0 Å². The Kier molecular flexibility index (Phi) is 2.57. The van der Waals surface area contributed by atoms with E-state index in [1.165, 1.54) is 16.9 Å². The second-order valence-corrected chi connectivity index (χ2v) is 5.44. The SMILES string of the molecule is C=C1C=C2C=CC(=[N+](C)C)C=C2C(C)(C)C1=C. The molecule has 17 heavy (non-hydrogen) atoms. The van der Waals surface area contributed by atoms with Crippen molar-refractivity contribution < 1.29 is 4.58 Å². The number of allylic oxidation sites excluding steroid dienone is 8. The van der Waals surface area contributed by atoms with Crippen LogP contribution >= 0.6 is 0 Å². The van der Waals surface area contributed by atoms with E-state index < -0.39 is 0 Å². The van der Waals surface area contributed by atoms with E-state index in [4.69, 9.17) is 0 Å². The molecule has 0 saturated carbocycles. The Bertz CT molecular complexity index is 530. The fraction of sp³-hybridized carbons (Fsp3) is 0.312. The van der Waals surface area contributed by atoms with Gasteiger partial charge in [-0.25, -0.2) is 4.58 Å². The lowest BCUT2D eigenvalue weighted by atomic mass is 9.67. The second kappa shape index (κ2) is 3.69. The van der Waals surface area contributed by atoms with Crippen molar-refractivity contribution >= 4 is 5.71 Å². The number of fused-ring (bicyclic) bond motifs is 1. The molecular formula is C16H20N+. The Morgan fingerprint density at radius 1 is 1.06 bits per heavy atom. The van der Waals surface area contributed by atoms with Crippen molar-refractivity contribution in [3.05, 3.63) is 59.8 Å². The molecule has 0 saturated heterocycles. The van der Waals surface area contributed by atoms with Gasteiger partial charge in [0, 0.05) is 17.6 Å². The summed E-state index contributed by atoms with van der Waals surface area (Å²) in [5, 5.41) is 0. The normalized spacial score (nSPS) is 22.0. The molecule has 0 N–H and O–H groups in total. The van der Waals surface area contributed by atoms with Crippen LogP contribution in [0.2, 0.25) is 0 Å². The summed E-state index contributed by atoms with van der Waals surface area (Å²) in [4.78, 5) is 0. The van der Waals surface area contributed by atoms with Crippen LogP contribution in [0.4, 0.5) is 0 Å². The summed E-state index contributed by atoms with van der Waals surface area (Å²) in [6, 6.07) is 0. The summed E-state index contributed by atoms with van der Waals surface area (Å²) in [5.41, 5.74) is 5.94. The van der Waals surface area contributed by atoms with E-state index in [2.05, 4.69) is 70.0 Å². The Hall–Kier alpha value is -1.63. The van der Waals surface area contributed by atoms with Crippen LogP contribution in [0.1, 0.15) is 13.8 Å². The lowest BCUT2D eigenvalue weighted by Gasteiger charge is -2.36. The summed E-state index contributed by atoms with van der Waals surface area (Å²) < 4.78 is 2.13. The lowest BCUT2D eigenvalue weighted by Crippen LogP contribution is -2.26.